The SMILES string of the molecule is CN(C)NC(=O)CN(C)S(=O)(=O)c1ccc2ccccc2c1. The van der Waals surface area contributed by atoms with E-state index in [-0.39, 0.29) is 11.4 Å². The first kappa shape index (κ1) is 16.4. The molecule has 118 valence electrons. The lowest BCUT2D eigenvalue weighted by Gasteiger charge is -2.19. The highest BCUT2D eigenvalue weighted by atomic mass is 32.2. The molecule has 2 rings (SSSR count). The van der Waals surface area contributed by atoms with E-state index in [4.69, 9.17) is 0 Å². The van der Waals surface area contributed by atoms with Gasteiger partial charge in [-0.2, -0.15) is 4.31 Å². The predicted octanol–water partition coefficient (Wildman–Crippen LogP) is 1.05. The summed E-state index contributed by atoms with van der Waals surface area (Å²) in [5, 5.41) is 3.28. The molecule has 0 heterocycles. The van der Waals surface area contributed by atoms with E-state index in [9.17, 15) is 13.2 Å². The summed E-state index contributed by atoms with van der Waals surface area (Å²) in [5.74, 6) is -0.392. The standard InChI is InChI=1S/C15H19N3O3S/c1-17(2)16-15(19)11-18(3)22(20,21)14-9-8-12-6-4-5-7-13(12)10-14/h4-10H,11H2,1-3H3,(H,16,19). The molecule has 0 aliphatic heterocycles. The van der Waals surface area contributed by atoms with Crippen molar-refractivity contribution in [3.63, 3.8) is 0 Å². The fourth-order valence-electron chi connectivity index (χ4n) is 2.08. The molecule has 1 amide bonds. The quantitative estimate of drug-likeness (QED) is 0.836. The number of amides is 1. The van der Waals surface area contributed by atoms with Crippen LogP contribution in [0.4, 0.5) is 0 Å². The Balaban J connectivity index is 2.25. The minimum atomic E-state index is -3.71. The number of nitrogens with one attached hydrogen (secondary N) is 1. The Hall–Kier alpha value is -1.96. The average molecular weight is 321 g/mol. The molecule has 0 bridgehead atoms. The van der Waals surface area contributed by atoms with Crippen molar-refractivity contribution in [2.75, 3.05) is 27.7 Å². The molecule has 2 aromatic carbocycles. The maximum Gasteiger partial charge on any atom is 0.249 e. The zero-order valence-electron chi connectivity index (χ0n) is 12.8. The van der Waals surface area contributed by atoms with Gasteiger partial charge in [-0.3, -0.25) is 10.2 Å². The van der Waals surface area contributed by atoms with Gasteiger partial charge in [0.25, 0.3) is 0 Å². The lowest BCUT2D eigenvalue weighted by atomic mass is 10.1. The summed E-state index contributed by atoms with van der Waals surface area (Å²) in [5.41, 5.74) is 2.52. The zero-order valence-corrected chi connectivity index (χ0v) is 13.6. The smallest absolute Gasteiger partial charge is 0.249 e. The van der Waals surface area contributed by atoms with E-state index in [1.54, 1.807) is 32.3 Å². The van der Waals surface area contributed by atoms with Crippen LogP contribution in [0.2, 0.25) is 0 Å². The van der Waals surface area contributed by atoms with Gasteiger partial charge in [0.15, 0.2) is 0 Å². The number of fused-ring (bicyclic) bond motifs is 1. The van der Waals surface area contributed by atoms with Gasteiger partial charge < -0.3 is 0 Å². The fourth-order valence-corrected chi connectivity index (χ4v) is 3.24. The van der Waals surface area contributed by atoms with Crippen molar-refractivity contribution in [3.05, 3.63) is 42.5 Å². The van der Waals surface area contributed by atoms with Crippen LogP contribution in [0.25, 0.3) is 10.8 Å². The Morgan fingerprint density at radius 1 is 1.05 bits per heavy atom. The van der Waals surface area contributed by atoms with Gasteiger partial charge in [0, 0.05) is 21.1 Å². The van der Waals surface area contributed by atoms with Crippen LogP contribution in [0.15, 0.2) is 47.4 Å². The monoisotopic (exact) mass is 321 g/mol. The molecule has 0 fully saturated rings. The van der Waals surface area contributed by atoms with Gasteiger partial charge in [0.2, 0.25) is 15.9 Å². The first-order chi connectivity index (χ1) is 10.3. The second-order valence-electron chi connectivity index (χ2n) is 5.20. The molecule has 0 spiro atoms. The van der Waals surface area contributed by atoms with Crippen LogP contribution in [0.3, 0.4) is 0 Å². The van der Waals surface area contributed by atoms with Gasteiger partial charge in [0.1, 0.15) is 0 Å². The fraction of sp³-hybridized carbons (Fsp3) is 0.267. The molecule has 0 aliphatic rings. The lowest BCUT2D eigenvalue weighted by molar-refractivity contribution is -0.124. The summed E-state index contributed by atoms with van der Waals surface area (Å²) < 4.78 is 26.1. The second-order valence-corrected chi connectivity index (χ2v) is 7.24. The van der Waals surface area contributed by atoms with Crippen molar-refractivity contribution in [2.24, 2.45) is 0 Å². The van der Waals surface area contributed by atoms with Gasteiger partial charge in [-0.15, -0.1) is 0 Å². The minimum absolute atomic E-state index is 0.173. The minimum Gasteiger partial charge on any atom is -0.288 e. The molecule has 0 radical (unpaired) electrons. The summed E-state index contributed by atoms with van der Waals surface area (Å²) in [4.78, 5) is 11.9. The number of hydrazine groups is 1. The number of nitrogens with zero attached hydrogens (tertiary/aromatic N) is 2. The van der Waals surface area contributed by atoms with E-state index in [1.165, 1.54) is 12.1 Å². The number of hydrogen-bond donors (Lipinski definition) is 1. The Morgan fingerprint density at radius 2 is 1.68 bits per heavy atom. The van der Waals surface area contributed by atoms with E-state index < -0.39 is 15.9 Å². The summed E-state index contributed by atoms with van der Waals surface area (Å²) in [6.07, 6.45) is 0. The van der Waals surface area contributed by atoms with Gasteiger partial charge in [-0.25, -0.2) is 13.4 Å². The molecule has 0 atom stereocenters. The predicted molar refractivity (Wildman–Crippen MR) is 85.6 cm³/mol. The molecule has 0 saturated heterocycles. The van der Waals surface area contributed by atoms with E-state index in [0.717, 1.165) is 15.1 Å². The van der Waals surface area contributed by atoms with Crippen LogP contribution >= 0.6 is 0 Å². The molecule has 2 aromatic rings. The number of carbonyl (C=O) groups is 1. The van der Waals surface area contributed by atoms with E-state index in [2.05, 4.69) is 5.43 Å². The number of sulfonamides is 1. The molecule has 0 aliphatic carbocycles. The van der Waals surface area contributed by atoms with Gasteiger partial charge in [-0.05, 0) is 22.9 Å². The first-order valence-electron chi connectivity index (χ1n) is 6.72. The average Bonchev–Trinajstić information content (AvgIpc) is 2.45. The van der Waals surface area contributed by atoms with Gasteiger partial charge >= 0.3 is 0 Å². The Labute approximate surface area is 130 Å². The van der Waals surface area contributed by atoms with Crippen LogP contribution in [-0.4, -0.2) is 51.3 Å². The van der Waals surface area contributed by atoms with Crippen LogP contribution < -0.4 is 5.43 Å². The third-order valence-electron chi connectivity index (χ3n) is 3.14. The van der Waals surface area contributed by atoms with Crippen molar-refractivity contribution in [1.29, 1.82) is 0 Å². The Bertz CT molecular complexity index is 787. The van der Waals surface area contributed by atoms with Crippen LogP contribution in [0, 0.1) is 0 Å². The van der Waals surface area contributed by atoms with Crippen LogP contribution in [0.1, 0.15) is 0 Å². The van der Waals surface area contributed by atoms with Crippen molar-refractivity contribution in [2.45, 2.75) is 4.90 Å². The number of carbonyl (C=O) groups excluding carboxylic acids is 1. The van der Waals surface area contributed by atoms with Crippen molar-refractivity contribution in [3.8, 4) is 0 Å². The molecular formula is C15H19N3O3S. The molecule has 7 heteroatoms. The van der Waals surface area contributed by atoms with Crippen molar-refractivity contribution in [1.82, 2.24) is 14.7 Å². The molecule has 0 unspecified atom stereocenters. The summed E-state index contributed by atoms with van der Waals surface area (Å²) >= 11 is 0. The number of benzene rings is 2. The third-order valence-corrected chi connectivity index (χ3v) is 4.94. The summed E-state index contributed by atoms with van der Waals surface area (Å²) in [6, 6.07) is 12.5. The van der Waals surface area contributed by atoms with E-state index in [0.29, 0.717) is 0 Å². The zero-order chi connectivity index (χ0) is 16.3. The highest BCUT2D eigenvalue weighted by Crippen LogP contribution is 2.21. The molecule has 6 nitrogen and oxygen atoms in total. The number of hydrogen-bond acceptors (Lipinski definition) is 4. The van der Waals surface area contributed by atoms with Crippen molar-refractivity contribution < 1.29 is 13.2 Å². The van der Waals surface area contributed by atoms with Crippen molar-refractivity contribution >= 4 is 26.7 Å². The third kappa shape index (κ3) is 3.62. The largest absolute Gasteiger partial charge is 0.288 e. The molecular weight excluding hydrogens is 302 g/mol. The van der Waals surface area contributed by atoms with Crippen LogP contribution in [-0.2, 0) is 14.8 Å². The second kappa shape index (κ2) is 6.43. The first-order valence-corrected chi connectivity index (χ1v) is 8.16. The topological polar surface area (TPSA) is 69.7 Å². The molecule has 0 saturated carbocycles. The molecule has 0 aromatic heterocycles. The maximum absolute atomic E-state index is 12.5. The normalized spacial score (nSPS) is 12.0. The lowest BCUT2D eigenvalue weighted by Crippen LogP contribution is -2.43. The summed E-state index contributed by atoms with van der Waals surface area (Å²) in [7, 11) is 1.01. The molecule has 22 heavy (non-hydrogen) atoms. The summed E-state index contributed by atoms with van der Waals surface area (Å²) in [6.45, 7) is -0.243. The number of rotatable bonds is 5. The maximum atomic E-state index is 12.5. The van der Waals surface area contributed by atoms with Gasteiger partial charge in [-0.1, -0.05) is 30.3 Å². The molecule has 1 N–H and O–H groups in total. The highest BCUT2D eigenvalue weighted by Gasteiger charge is 2.23. The van der Waals surface area contributed by atoms with Crippen LogP contribution in [0.5, 0.6) is 0 Å². The Kier molecular flexibility index (Phi) is 4.80. The Morgan fingerprint density at radius 3 is 2.32 bits per heavy atom. The van der Waals surface area contributed by atoms with Gasteiger partial charge in [0.05, 0.1) is 11.4 Å². The van der Waals surface area contributed by atoms with E-state index >= 15 is 0 Å². The number of likely N-dealkylation sites (N-methyl/N-ethyl adjacent to an activating group) is 1. The highest BCUT2D eigenvalue weighted by molar-refractivity contribution is 7.89. The van der Waals surface area contributed by atoms with E-state index in [1.807, 2.05) is 24.3 Å².